The van der Waals surface area contributed by atoms with Crippen LogP contribution < -0.4 is 0 Å². The van der Waals surface area contributed by atoms with Crippen molar-refractivity contribution >= 4 is 11.9 Å². The van der Waals surface area contributed by atoms with Crippen molar-refractivity contribution < 1.29 is 19.1 Å². The van der Waals surface area contributed by atoms with E-state index in [0.29, 0.717) is 0 Å². The molecule has 2 saturated carbocycles. The molecule has 2 aliphatic rings. The largest absolute Gasteiger partial charge is 0.462 e. The maximum Gasteiger partial charge on any atom is 0.312 e. The highest BCUT2D eigenvalue weighted by Crippen LogP contribution is 2.39. The molecule has 132 valence electrons. The number of carbonyl (C=O) groups is 2. The lowest BCUT2D eigenvalue weighted by Gasteiger charge is -2.33. The highest BCUT2D eigenvalue weighted by Gasteiger charge is 2.43. The monoisotopic (exact) mass is 324 g/mol. The van der Waals surface area contributed by atoms with Gasteiger partial charge in [0, 0.05) is 0 Å². The molecule has 0 aromatic rings. The first-order chi connectivity index (χ1) is 10.9. The minimum Gasteiger partial charge on any atom is -0.462 e. The topological polar surface area (TPSA) is 52.6 Å². The molecule has 0 atom stereocenters. The number of carbonyl (C=O) groups excluding carboxylic acids is 2. The van der Waals surface area contributed by atoms with Gasteiger partial charge in [0.15, 0.2) is 0 Å². The molecule has 2 fully saturated rings. The Morgan fingerprint density at radius 1 is 1.04 bits per heavy atom. The Labute approximate surface area is 140 Å². The van der Waals surface area contributed by atoms with Crippen LogP contribution >= 0.6 is 0 Å². The predicted octanol–water partition coefficient (Wildman–Crippen LogP) is 4.54. The first-order valence-corrected chi connectivity index (χ1v) is 9.30. The highest BCUT2D eigenvalue weighted by molar-refractivity contribution is 5.77. The SMILES string of the molecule is CCC(C)(C)C(=O)OC1(CC(=O)OC2CCCCC2)CCCC1. The van der Waals surface area contributed by atoms with Crippen molar-refractivity contribution in [3.63, 3.8) is 0 Å². The van der Waals surface area contributed by atoms with Gasteiger partial charge in [-0.2, -0.15) is 0 Å². The van der Waals surface area contributed by atoms with Crippen molar-refractivity contribution in [2.45, 2.75) is 103 Å². The fraction of sp³-hybridized carbons (Fsp3) is 0.895. The van der Waals surface area contributed by atoms with Gasteiger partial charge in [-0.25, -0.2) is 0 Å². The molecule has 0 amide bonds. The number of hydrogen-bond donors (Lipinski definition) is 0. The smallest absolute Gasteiger partial charge is 0.312 e. The molecule has 0 aromatic heterocycles. The molecule has 0 radical (unpaired) electrons. The Balaban J connectivity index is 1.94. The van der Waals surface area contributed by atoms with E-state index in [1.807, 2.05) is 20.8 Å². The van der Waals surface area contributed by atoms with Crippen LogP contribution in [0.5, 0.6) is 0 Å². The third-order valence-electron chi connectivity index (χ3n) is 5.58. The first-order valence-electron chi connectivity index (χ1n) is 9.30. The Morgan fingerprint density at radius 3 is 2.22 bits per heavy atom. The zero-order chi connectivity index (χ0) is 16.9. The van der Waals surface area contributed by atoms with E-state index >= 15 is 0 Å². The standard InChI is InChI=1S/C19H32O4/c1-4-18(2,3)17(21)23-19(12-8-9-13-19)14-16(20)22-15-10-6-5-7-11-15/h15H,4-14H2,1-3H3. The van der Waals surface area contributed by atoms with Gasteiger partial charge in [0.1, 0.15) is 11.7 Å². The number of hydrogen-bond acceptors (Lipinski definition) is 4. The number of esters is 2. The van der Waals surface area contributed by atoms with E-state index in [2.05, 4.69) is 0 Å². The molecule has 0 aromatic carbocycles. The van der Waals surface area contributed by atoms with Crippen LogP contribution in [-0.2, 0) is 19.1 Å². The van der Waals surface area contributed by atoms with Crippen LogP contribution in [0.4, 0.5) is 0 Å². The fourth-order valence-electron chi connectivity index (χ4n) is 3.49. The second-order valence-corrected chi connectivity index (χ2v) is 7.94. The fourth-order valence-corrected chi connectivity index (χ4v) is 3.49. The molecule has 0 aliphatic heterocycles. The van der Waals surface area contributed by atoms with E-state index in [4.69, 9.17) is 9.47 Å². The zero-order valence-electron chi connectivity index (χ0n) is 15.0. The summed E-state index contributed by atoms with van der Waals surface area (Å²) in [6.07, 6.45) is 10.1. The summed E-state index contributed by atoms with van der Waals surface area (Å²) in [4.78, 5) is 24.8. The molecule has 0 spiro atoms. The summed E-state index contributed by atoms with van der Waals surface area (Å²) in [6, 6.07) is 0. The van der Waals surface area contributed by atoms with Crippen LogP contribution in [0.25, 0.3) is 0 Å². The lowest BCUT2D eigenvalue weighted by molar-refractivity contribution is -0.176. The predicted molar refractivity (Wildman–Crippen MR) is 88.9 cm³/mol. The molecule has 2 aliphatic carbocycles. The second kappa shape index (κ2) is 7.67. The number of rotatable bonds is 6. The van der Waals surface area contributed by atoms with Crippen LogP contribution in [0.3, 0.4) is 0 Å². The minimum atomic E-state index is -0.630. The van der Waals surface area contributed by atoms with Crippen molar-refractivity contribution in [1.29, 1.82) is 0 Å². The number of ether oxygens (including phenoxy) is 2. The van der Waals surface area contributed by atoms with E-state index in [-0.39, 0.29) is 24.5 Å². The Bertz CT molecular complexity index is 415. The summed E-state index contributed by atoms with van der Waals surface area (Å²) in [6.45, 7) is 5.79. The van der Waals surface area contributed by atoms with E-state index in [1.165, 1.54) is 6.42 Å². The molecule has 0 bridgehead atoms. The van der Waals surface area contributed by atoms with Gasteiger partial charge in [-0.1, -0.05) is 13.3 Å². The second-order valence-electron chi connectivity index (χ2n) is 7.94. The van der Waals surface area contributed by atoms with Crippen molar-refractivity contribution in [3.8, 4) is 0 Å². The Morgan fingerprint density at radius 2 is 1.65 bits per heavy atom. The summed E-state index contributed by atoms with van der Waals surface area (Å²) in [5.41, 5.74) is -1.13. The van der Waals surface area contributed by atoms with Crippen molar-refractivity contribution in [3.05, 3.63) is 0 Å². The molecule has 4 nitrogen and oxygen atoms in total. The molecule has 0 heterocycles. The van der Waals surface area contributed by atoms with E-state index in [0.717, 1.165) is 57.8 Å². The Hall–Kier alpha value is -1.06. The van der Waals surface area contributed by atoms with Crippen LogP contribution in [0.15, 0.2) is 0 Å². The van der Waals surface area contributed by atoms with Gasteiger partial charge in [0.25, 0.3) is 0 Å². The zero-order valence-corrected chi connectivity index (χ0v) is 15.0. The molecule has 4 heteroatoms. The molecule has 2 rings (SSSR count). The first kappa shape index (κ1) is 18.3. The van der Waals surface area contributed by atoms with Crippen molar-refractivity contribution in [2.75, 3.05) is 0 Å². The lowest BCUT2D eigenvalue weighted by atomic mass is 9.89. The van der Waals surface area contributed by atoms with Crippen LogP contribution in [-0.4, -0.2) is 23.6 Å². The third kappa shape index (κ3) is 4.95. The van der Waals surface area contributed by atoms with Crippen LogP contribution in [0.2, 0.25) is 0 Å². The molecular formula is C19H32O4. The highest BCUT2D eigenvalue weighted by atomic mass is 16.6. The summed E-state index contributed by atoms with van der Waals surface area (Å²) < 4.78 is 11.5. The lowest BCUT2D eigenvalue weighted by Crippen LogP contribution is -2.40. The van der Waals surface area contributed by atoms with Crippen LogP contribution in [0.1, 0.15) is 91.4 Å². The normalized spacial score (nSPS) is 21.9. The molecule has 23 heavy (non-hydrogen) atoms. The molecule has 0 unspecified atom stereocenters. The molecule has 0 N–H and O–H groups in total. The van der Waals surface area contributed by atoms with E-state index in [9.17, 15) is 9.59 Å². The van der Waals surface area contributed by atoms with Gasteiger partial charge in [-0.3, -0.25) is 9.59 Å². The maximum absolute atomic E-state index is 12.5. The molecule has 0 saturated heterocycles. The van der Waals surface area contributed by atoms with Gasteiger partial charge >= 0.3 is 11.9 Å². The van der Waals surface area contributed by atoms with Gasteiger partial charge < -0.3 is 9.47 Å². The molecular weight excluding hydrogens is 292 g/mol. The summed E-state index contributed by atoms with van der Waals surface area (Å²) in [5, 5.41) is 0. The van der Waals surface area contributed by atoms with E-state index in [1.54, 1.807) is 0 Å². The maximum atomic E-state index is 12.5. The summed E-state index contributed by atoms with van der Waals surface area (Å²) in [5.74, 6) is -0.381. The minimum absolute atomic E-state index is 0.0671. The van der Waals surface area contributed by atoms with Gasteiger partial charge in [-0.05, 0) is 71.6 Å². The summed E-state index contributed by atoms with van der Waals surface area (Å²) >= 11 is 0. The van der Waals surface area contributed by atoms with Crippen LogP contribution in [0, 0.1) is 5.41 Å². The van der Waals surface area contributed by atoms with Crippen molar-refractivity contribution in [1.82, 2.24) is 0 Å². The third-order valence-corrected chi connectivity index (χ3v) is 5.58. The average Bonchev–Trinajstić information content (AvgIpc) is 2.96. The van der Waals surface area contributed by atoms with Gasteiger partial charge in [-0.15, -0.1) is 0 Å². The van der Waals surface area contributed by atoms with Gasteiger partial charge in [0.2, 0.25) is 0 Å². The summed E-state index contributed by atoms with van der Waals surface area (Å²) in [7, 11) is 0. The average molecular weight is 324 g/mol. The van der Waals surface area contributed by atoms with Gasteiger partial charge in [0.05, 0.1) is 11.8 Å². The van der Waals surface area contributed by atoms with E-state index < -0.39 is 11.0 Å². The van der Waals surface area contributed by atoms with Crippen molar-refractivity contribution in [2.24, 2.45) is 5.41 Å². The quantitative estimate of drug-likeness (QED) is 0.673. The Kier molecular flexibility index (Phi) is 6.10.